The van der Waals surface area contributed by atoms with Gasteiger partial charge < -0.3 is 10.6 Å². The maximum absolute atomic E-state index is 11.7. The van der Waals surface area contributed by atoms with Crippen LogP contribution in [0.5, 0.6) is 0 Å². The van der Waals surface area contributed by atoms with Gasteiger partial charge in [0.15, 0.2) is 0 Å². The molecule has 1 aliphatic carbocycles. The Kier molecular flexibility index (Phi) is 6.27. The second-order valence-electron chi connectivity index (χ2n) is 6.45. The number of sulfone groups is 1. The van der Waals surface area contributed by atoms with E-state index in [4.69, 9.17) is 5.73 Å². The Morgan fingerprint density at radius 1 is 1.32 bits per heavy atom. The van der Waals surface area contributed by atoms with Crippen LogP contribution in [0.2, 0.25) is 0 Å². The summed E-state index contributed by atoms with van der Waals surface area (Å²) in [5, 5.41) is -0.146. The van der Waals surface area contributed by atoms with Crippen molar-refractivity contribution in [1.29, 1.82) is 0 Å². The first-order valence-electron chi connectivity index (χ1n) is 7.36. The predicted molar refractivity (Wildman–Crippen MR) is 80.9 cm³/mol. The van der Waals surface area contributed by atoms with Crippen molar-refractivity contribution in [2.45, 2.75) is 63.3 Å². The number of rotatable bonds is 6. The first-order chi connectivity index (χ1) is 8.71. The molecule has 0 aromatic rings. The standard InChI is InChI=1S/C14H30N2O2S/c1-11(2)14(15)8-9-16(3)12-6-5-7-13(10-12)19(4,17)18/h11-14H,5-10,15H2,1-4H3. The fourth-order valence-electron chi connectivity index (χ4n) is 2.78. The average molecular weight is 290 g/mol. The molecule has 4 nitrogen and oxygen atoms in total. The molecule has 0 saturated heterocycles. The van der Waals surface area contributed by atoms with Crippen LogP contribution in [0, 0.1) is 5.92 Å². The van der Waals surface area contributed by atoms with Crippen molar-refractivity contribution in [2.24, 2.45) is 11.7 Å². The summed E-state index contributed by atoms with van der Waals surface area (Å²) in [7, 11) is -0.789. The van der Waals surface area contributed by atoms with Gasteiger partial charge in [0.1, 0.15) is 9.84 Å². The molecule has 0 aromatic heterocycles. The summed E-state index contributed by atoms with van der Waals surface area (Å²) < 4.78 is 23.3. The highest BCUT2D eigenvalue weighted by atomic mass is 32.2. The SMILES string of the molecule is CC(C)C(N)CCN(C)C1CCCC(S(C)(=O)=O)C1. The van der Waals surface area contributed by atoms with Crippen LogP contribution in [0.15, 0.2) is 0 Å². The fraction of sp³-hybridized carbons (Fsp3) is 1.00. The van der Waals surface area contributed by atoms with Crippen LogP contribution in [0.3, 0.4) is 0 Å². The topological polar surface area (TPSA) is 63.4 Å². The third-order valence-corrected chi connectivity index (χ3v) is 6.14. The zero-order chi connectivity index (χ0) is 14.6. The molecule has 1 rings (SSSR count). The van der Waals surface area contributed by atoms with E-state index >= 15 is 0 Å². The van der Waals surface area contributed by atoms with Crippen molar-refractivity contribution >= 4 is 9.84 Å². The highest BCUT2D eigenvalue weighted by Crippen LogP contribution is 2.27. The van der Waals surface area contributed by atoms with E-state index < -0.39 is 9.84 Å². The predicted octanol–water partition coefficient (Wildman–Crippen LogP) is 1.65. The molecular weight excluding hydrogens is 260 g/mol. The van der Waals surface area contributed by atoms with Gasteiger partial charge in [-0.05, 0) is 45.2 Å². The minimum absolute atomic E-state index is 0.146. The van der Waals surface area contributed by atoms with Gasteiger partial charge in [-0.3, -0.25) is 0 Å². The molecule has 0 bridgehead atoms. The van der Waals surface area contributed by atoms with Crippen molar-refractivity contribution in [3.8, 4) is 0 Å². The van der Waals surface area contributed by atoms with Crippen LogP contribution < -0.4 is 5.73 Å². The van der Waals surface area contributed by atoms with Crippen LogP contribution in [0.1, 0.15) is 46.0 Å². The first kappa shape index (κ1) is 16.9. The van der Waals surface area contributed by atoms with Crippen LogP contribution in [0.4, 0.5) is 0 Å². The van der Waals surface area contributed by atoms with E-state index in [0.717, 1.165) is 38.6 Å². The van der Waals surface area contributed by atoms with E-state index in [9.17, 15) is 8.42 Å². The molecular formula is C14H30N2O2S. The van der Waals surface area contributed by atoms with Crippen molar-refractivity contribution in [3.05, 3.63) is 0 Å². The molecule has 1 aliphatic rings. The summed E-state index contributed by atoms with van der Waals surface area (Å²) in [6.45, 7) is 5.25. The highest BCUT2D eigenvalue weighted by Gasteiger charge is 2.30. The summed E-state index contributed by atoms with van der Waals surface area (Å²) in [4.78, 5) is 2.31. The lowest BCUT2D eigenvalue weighted by Crippen LogP contribution is -2.42. The van der Waals surface area contributed by atoms with Gasteiger partial charge in [0, 0.05) is 18.3 Å². The van der Waals surface area contributed by atoms with Gasteiger partial charge in [-0.1, -0.05) is 20.3 Å². The Labute approximate surface area is 118 Å². The first-order valence-corrected chi connectivity index (χ1v) is 9.32. The fourth-order valence-corrected chi connectivity index (χ4v) is 3.94. The Balaban J connectivity index is 2.46. The lowest BCUT2D eigenvalue weighted by atomic mass is 9.93. The number of hydrogen-bond acceptors (Lipinski definition) is 4. The van der Waals surface area contributed by atoms with E-state index in [1.807, 2.05) is 0 Å². The van der Waals surface area contributed by atoms with E-state index in [-0.39, 0.29) is 11.3 Å². The van der Waals surface area contributed by atoms with Crippen LogP contribution in [-0.4, -0.2) is 50.5 Å². The summed E-state index contributed by atoms with van der Waals surface area (Å²) >= 11 is 0. The summed E-state index contributed by atoms with van der Waals surface area (Å²) in [6, 6.07) is 0.629. The summed E-state index contributed by atoms with van der Waals surface area (Å²) in [5.74, 6) is 0.503. The van der Waals surface area contributed by atoms with Gasteiger partial charge >= 0.3 is 0 Å². The number of nitrogens with two attached hydrogens (primary N) is 1. The van der Waals surface area contributed by atoms with Crippen LogP contribution >= 0.6 is 0 Å². The Hall–Kier alpha value is -0.130. The monoisotopic (exact) mass is 290 g/mol. The normalized spacial score (nSPS) is 26.9. The summed E-state index contributed by atoms with van der Waals surface area (Å²) in [6.07, 6.45) is 6.09. The molecule has 3 atom stereocenters. The Morgan fingerprint density at radius 3 is 2.47 bits per heavy atom. The molecule has 0 aliphatic heterocycles. The third-order valence-electron chi connectivity index (χ3n) is 4.50. The van der Waals surface area contributed by atoms with Gasteiger partial charge in [-0.25, -0.2) is 8.42 Å². The largest absolute Gasteiger partial charge is 0.327 e. The highest BCUT2D eigenvalue weighted by molar-refractivity contribution is 7.91. The third kappa shape index (κ3) is 5.40. The minimum atomic E-state index is -2.89. The van der Waals surface area contributed by atoms with Crippen LogP contribution in [0.25, 0.3) is 0 Å². The average Bonchev–Trinajstić information content (AvgIpc) is 2.34. The molecule has 114 valence electrons. The number of hydrogen-bond donors (Lipinski definition) is 1. The van der Waals surface area contributed by atoms with Gasteiger partial charge in [0.05, 0.1) is 5.25 Å². The maximum Gasteiger partial charge on any atom is 0.150 e. The lowest BCUT2D eigenvalue weighted by Gasteiger charge is -2.35. The van der Waals surface area contributed by atoms with E-state index in [1.54, 1.807) is 0 Å². The molecule has 3 unspecified atom stereocenters. The second-order valence-corrected chi connectivity index (χ2v) is 8.77. The summed E-state index contributed by atoms with van der Waals surface area (Å²) in [5.41, 5.74) is 6.07. The second kappa shape index (κ2) is 7.04. The molecule has 0 amide bonds. The molecule has 0 spiro atoms. The molecule has 5 heteroatoms. The van der Waals surface area contributed by atoms with Crippen molar-refractivity contribution in [3.63, 3.8) is 0 Å². The molecule has 0 radical (unpaired) electrons. The molecule has 0 aromatic carbocycles. The minimum Gasteiger partial charge on any atom is -0.327 e. The Morgan fingerprint density at radius 2 is 1.95 bits per heavy atom. The quantitative estimate of drug-likeness (QED) is 0.808. The molecule has 19 heavy (non-hydrogen) atoms. The molecule has 1 saturated carbocycles. The van der Waals surface area contributed by atoms with Crippen molar-refractivity contribution < 1.29 is 8.42 Å². The van der Waals surface area contributed by atoms with Gasteiger partial charge in [0.2, 0.25) is 0 Å². The zero-order valence-electron chi connectivity index (χ0n) is 12.8. The smallest absolute Gasteiger partial charge is 0.150 e. The molecule has 2 N–H and O–H groups in total. The maximum atomic E-state index is 11.7. The Bertz CT molecular complexity index is 368. The van der Waals surface area contributed by atoms with Gasteiger partial charge in [-0.2, -0.15) is 0 Å². The van der Waals surface area contributed by atoms with Gasteiger partial charge in [0.25, 0.3) is 0 Å². The zero-order valence-corrected chi connectivity index (χ0v) is 13.6. The lowest BCUT2D eigenvalue weighted by molar-refractivity contribution is 0.184. The van der Waals surface area contributed by atoms with E-state index in [1.165, 1.54) is 6.26 Å². The van der Waals surface area contributed by atoms with E-state index in [2.05, 4.69) is 25.8 Å². The van der Waals surface area contributed by atoms with Crippen LogP contribution in [-0.2, 0) is 9.84 Å². The van der Waals surface area contributed by atoms with Gasteiger partial charge in [-0.15, -0.1) is 0 Å². The molecule has 0 heterocycles. The van der Waals surface area contributed by atoms with E-state index in [0.29, 0.717) is 12.0 Å². The van der Waals surface area contributed by atoms with Crippen molar-refractivity contribution in [2.75, 3.05) is 19.8 Å². The number of nitrogens with zero attached hydrogens (tertiary/aromatic N) is 1. The molecule has 1 fully saturated rings. The van der Waals surface area contributed by atoms with Crippen molar-refractivity contribution in [1.82, 2.24) is 4.90 Å².